The van der Waals surface area contributed by atoms with Crippen LogP contribution >= 0.6 is 0 Å². The minimum absolute atomic E-state index is 0. The van der Waals surface area contributed by atoms with Gasteiger partial charge in [-0.2, -0.15) is 0 Å². The summed E-state index contributed by atoms with van der Waals surface area (Å²) in [6.45, 7) is 7.14. The molecule has 0 fully saturated rings. The summed E-state index contributed by atoms with van der Waals surface area (Å²) in [7, 11) is 1.74. The monoisotopic (exact) mass is 770 g/mol. The summed E-state index contributed by atoms with van der Waals surface area (Å²) in [6.07, 6.45) is 6.36. The maximum atomic E-state index is 12.1. The van der Waals surface area contributed by atoms with Gasteiger partial charge in [0.25, 0.3) is 0 Å². The van der Waals surface area contributed by atoms with Gasteiger partial charge in [0.2, 0.25) is 0 Å². The maximum absolute atomic E-state index is 12.1. The third kappa shape index (κ3) is 24.6. The fourth-order valence-electron chi connectivity index (χ4n) is 4.15. The van der Waals surface area contributed by atoms with E-state index in [2.05, 4.69) is 28.2 Å². The molecule has 0 aromatic heterocycles. The molecule has 1 atom stereocenters. The number of amides is 3. The summed E-state index contributed by atoms with van der Waals surface area (Å²) in [5, 5.41) is 13.3. The van der Waals surface area contributed by atoms with Crippen molar-refractivity contribution in [1.82, 2.24) is 10.6 Å². The van der Waals surface area contributed by atoms with Crippen molar-refractivity contribution in [2.24, 2.45) is 5.92 Å². The second-order valence-corrected chi connectivity index (χ2v) is 10.2. The van der Waals surface area contributed by atoms with Crippen molar-refractivity contribution in [1.29, 1.82) is 0 Å². The van der Waals surface area contributed by atoms with E-state index in [1.807, 2.05) is 6.92 Å². The Bertz CT molecular complexity index is 1050. The molecule has 240 valence electrons. The average Bonchev–Trinajstić information content (AvgIpc) is 2.98. The van der Waals surface area contributed by atoms with E-state index in [1.54, 1.807) is 38.2 Å². The van der Waals surface area contributed by atoms with E-state index < -0.39 is 24.3 Å². The molecule has 1 rings (SSSR count). The van der Waals surface area contributed by atoms with E-state index in [0.717, 1.165) is 43.4 Å². The van der Waals surface area contributed by atoms with Crippen molar-refractivity contribution in [2.75, 3.05) is 40.0 Å². The molecule has 13 heteroatoms. The molecule has 45 heavy (non-hydrogen) atoms. The first kappa shape index (κ1) is 47.0. The number of allylic oxidation sites excluding steroid dienone is 2. The number of benzene rings is 1. The summed E-state index contributed by atoms with van der Waals surface area (Å²) >= 11 is 0. The Morgan fingerprint density at radius 1 is 0.911 bits per heavy atom. The van der Waals surface area contributed by atoms with Gasteiger partial charge in [-0.1, -0.05) is 51.0 Å². The Morgan fingerprint density at radius 2 is 1.62 bits per heavy atom. The van der Waals surface area contributed by atoms with E-state index in [0.29, 0.717) is 37.5 Å². The number of ketones is 2. The number of nitrogens with zero attached hydrogens (tertiary/aromatic N) is 2. The van der Waals surface area contributed by atoms with E-state index in [4.69, 9.17) is 9.47 Å². The number of hydrogen-bond acceptors (Lipinski definition) is 8. The molecule has 0 saturated carbocycles. The molecule has 0 spiro atoms. The number of nitrogens with one attached hydrogen (secondary N) is 2. The van der Waals surface area contributed by atoms with Crippen LogP contribution in [0.5, 0.6) is 0 Å². The van der Waals surface area contributed by atoms with Crippen molar-refractivity contribution in [3.05, 3.63) is 52.2 Å². The summed E-state index contributed by atoms with van der Waals surface area (Å²) in [6, 6.07) is 6.69. The van der Waals surface area contributed by atoms with Gasteiger partial charge >= 0.3 is 122 Å². The van der Waals surface area contributed by atoms with Crippen molar-refractivity contribution >= 4 is 35.2 Å². The molecule has 0 aliphatic carbocycles. The number of ether oxygens (including phenoxy) is 2. The van der Waals surface area contributed by atoms with Gasteiger partial charge in [0, 0.05) is 70.2 Å². The third-order valence-corrected chi connectivity index (χ3v) is 6.52. The Balaban J connectivity index is 0. The largest absolute Gasteiger partial charge is 1.00 e. The van der Waals surface area contributed by atoms with Crippen LogP contribution in [0.3, 0.4) is 0 Å². The Hall–Kier alpha value is -0.120. The van der Waals surface area contributed by atoms with Gasteiger partial charge in [0.1, 0.15) is 5.78 Å². The first-order valence-corrected chi connectivity index (χ1v) is 15.1. The first-order chi connectivity index (χ1) is 20.7. The maximum Gasteiger partial charge on any atom is 1.00 e. The molecular formula is C32H48N4O7Rb2. The smallest absolute Gasteiger partial charge is 0.651 e. The number of Topliss-reactive ketones (excluding diaryl/α,β-unsaturated/α-hetero) is 1. The molecule has 11 nitrogen and oxygen atoms in total. The van der Waals surface area contributed by atoms with Crippen LogP contribution in [-0.2, 0) is 35.1 Å². The number of carbonyl (C=O) groups is 5. The SMILES string of the molecule is CCCC(CCCCNC(=O)OCCCOCC[N-]C(=O)CC(=O)[N-]c1ccc(CC(=O)/C=C(/C)NC)cc1)C(=O)CC.[Rb+].[Rb+]. The fraction of sp³-hybridized carbons (Fsp3) is 0.594. The third-order valence-electron chi connectivity index (χ3n) is 6.52. The zero-order valence-corrected chi connectivity index (χ0v) is 37.9. The fourth-order valence-corrected chi connectivity index (χ4v) is 4.15. The van der Waals surface area contributed by atoms with Gasteiger partial charge in [-0.25, -0.2) is 4.79 Å². The molecule has 0 aliphatic rings. The first-order valence-electron chi connectivity index (χ1n) is 15.1. The summed E-state index contributed by atoms with van der Waals surface area (Å²) in [5.74, 6) is -0.780. The van der Waals surface area contributed by atoms with E-state index in [-0.39, 0.29) is 154 Å². The summed E-state index contributed by atoms with van der Waals surface area (Å²) in [4.78, 5) is 59.7. The predicted molar refractivity (Wildman–Crippen MR) is 166 cm³/mol. The predicted octanol–water partition coefficient (Wildman–Crippen LogP) is -0.550. The van der Waals surface area contributed by atoms with Gasteiger partial charge in [-0.3, -0.25) is 9.59 Å². The minimum atomic E-state index is -0.603. The Labute approximate surface area is 366 Å². The molecular weight excluding hydrogens is 723 g/mol. The van der Waals surface area contributed by atoms with Gasteiger partial charge < -0.3 is 40.3 Å². The Kier molecular flexibility index (Phi) is 31.3. The van der Waals surface area contributed by atoms with Crippen LogP contribution < -0.4 is 127 Å². The normalized spacial score (nSPS) is 11.2. The van der Waals surface area contributed by atoms with Crippen LogP contribution in [0.1, 0.15) is 77.7 Å². The van der Waals surface area contributed by atoms with Crippen LogP contribution in [0, 0.1) is 5.92 Å². The van der Waals surface area contributed by atoms with Gasteiger partial charge in [-0.15, -0.1) is 12.2 Å². The Morgan fingerprint density at radius 3 is 2.27 bits per heavy atom. The van der Waals surface area contributed by atoms with Crippen molar-refractivity contribution < 1.29 is 150 Å². The van der Waals surface area contributed by atoms with Crippen LogP contribution in [0.15, 0.2) is 36.0 Å². The van der Waals surface area contributed by atoms with Crippen molar-refractivity contribution in [3.8, 4) is 0 Å². The van der Waals surface area contributed by atoms with Gasteiger partial charge in [0.05, 0.1) is 18.4 Å². The molecule has 1 aromatic rings. The van der Waals surface area contributed by atoms with Gasteiger partial charge in [0.15, 0.2) is 5.78 Å². The number of carbonyl (C=O) groups excluding carboxylic acids is 5. The minimum Gasteiger partial charge on any atom is -0.651 e. The molecule has 3 amide bonds. The second kappa shape index (κ2) is 30.0. The molecule has 1 unspecified atom stereocenters. The zero-order chi connectivity index (χ0) is 31.9. The molecule has 2 N–H and O–H groups in total. The van der Waals surface area contributed by atoms with Gasteiger partial charge in [-0.05, 0) is 31.7 Å². The van der Waals surface area contributed by atoms with Crippen LogP contribution in [0.2, 0.25) is 0 Å². The van der Waals surface area contributed by atoms with Crippen molar-refractivity contribution in [3.63, 3.8) is 0 Å². The second-order valence-electron chi connectivity index (χ2n) is 10.2. The zero-order valence-electron chi connectivity index (χ0n) is 28.1. The average molecular weight is 772 g/mol. The molecule has 1 aromatic carbocycles. The number of hydrogen-bond donors (Lipinski definition) is 2. The number of alkyl carbamates (subject to hydrolysis) is 1. The summed E-state index contributed by atoms with van der Waals surface area (Å²) < 4.78 is 10.5. The molecule has 0 saturated heterocycles. The number of unbranched alkanes of at least 4 members (excludes halogenated alkanes) is 1. The van der Waals surface area contributed by atoms with E-state index in [9.17, 15) is 24.0 Å². The van der Waals surface area contributed by atoms with E-state index >= 15 is 0 Å². The molecule has 0 radical (unpaired) electrons. The number of rotatable bonds is 23. The van der Waals surface area contributed by atoms with Crippen LogP contribution in [0.4, 0.5) is 10.5 Å². The van der Waals surface area contributed by atoms with Crippen LogP contribution in [0.25, 0.3) is 10.6 Å². The van der Waals surface area contributed by atoms with Crippen molar-refractivity contribution in [2.45, 2.75) is 78.6 Å². The quantitative estimate of drug-likeness (QED) is 0.0854. The van der Waals surface area contributed by atoms with E-state index in [1.165, 1.54) is 6.08 Å². The standard InChI is InChI=1S/C32H50N4O7.2Rb/c1-5-10-26(29(38)6-2)11-7-8-16-35-32(41)43-19-9-18-42-20-17-34-30(39)23-31(40)36-27-14-12-25(13-15-27)22-28(37)21-24(3)33-4;;/h12-15,21,26H,5-11,16-20,22-23H2,1-4H3,(H4,33,34,35,36,37,39,40,41);;/q;2*+1/p-2. The molecule has 0 aliphatic heterocycles. The topological polar surface area (TPSA) is 156 Å². The summed E-state index contributed by atoms with van der Waals surface area (Å²) in [5.41, 5.74) is 1.97. The molecule has 0 bridgehead atoms. The van der Waals surface area contributed by atoms with Crippen LogP contribution in [-0.4, -0.2) is 69.4 Å². The molecule has 0 heterocycles.